The van der Waals surface area contributed by atoms with Crippen molar-refractivity contribution in [2.24, 2.45) is 0 Å². The molecule has 2 atom stereocenters. The van der Waals surface area contributed by atoms with Gasteiger partial charge in [0.05, 0.1) is 29.5 Å². The number of benzene rings is 2. The van der Waals surface area contributed by atoms with E-state index in [1.165, 1.54) is 12.1 Å². The van der Waals surface area contributed by atoms with Crippen molar-refractivity contribution in [1.29, 1.82) is 0 Å². The Balaban J connectivity index is 1.38. The summed E-state index contributed by atoms with van der Waals surface area (Å²) in [6, 6.07) is 9.36. The van der Waals surface area contributed by atoms with Gasteiger partial charge in [0.2, 0.25) is 0 Å². The molecule has 2 aromatic rings. The number of piperazine rings is 1. The average molecular weight is 557 g/mol. The fourth-order valence-electron chi connectivity index (χ4n) is 5.01. The molecule has 0 spiro atoms. The molecule has 2 aliphatic rings. The largest absolute Gasteiger partial charge is 0.392 e. The van der Waals surface area contributed by atoms with Crippen LogP contribution in [0.15, 0.2) is 36.4 Å². The van der Waals surface area contributed by atoms with Gasteiger partial charge in [-0.15, -0.1) is 0 Å². The Kier molecular flexibility index (Phi) is 9.51. The van der Waals surface area contributed by atoms with E-state index < -0.39 is 30.4 Å². The van der Waals surface area contributed by atoms with Crippen molar-refractivity contribution in [3.8, 4) is 0 Å². The minimum atomic E-state index is -4.19. The van der Waals surface area contributed by atoms with Crippen LogP contribution >= 0.6 is 11.6 Å². The highest BCUT2D eigenvalue weighted by atomic mass is 35.5. The standard InChI is InChI=1S/C27H33ClF4N4O2/c28-19-6-8-22(24(16-19)36-13-11-35(12-14-36)10-9-27(30,31)32)34-26(38)20-7-5-18(15-21(20)29)17-33-23-3-1-2-4-25(23)37/h5-8,15-16,23,25,33,37H,1-4,9-14,17H2,(H,34,38)/t23-,25-/m0/s1. The average Bonchev–Trinajstić information content (AvgIpc) is 2.88. The van der Waals surface area contributed by atoms with E-state index in [2.05, 4.69) is 10.6 Å². The number of hydrogen-bond donors (Lipinski definition) is 3. The molecule has 4 rings (SSSR count). The third-order valence-electron chi connectivity index (χ3n) is 7.21. The lowest BCUT2D eigenvalue weighted by molar-refractivity contribution is -0.138. The quantitative estimate of drug-likeness (QED) is 0.390. The summed E-state index contributed by atoms with van der Waals surface area (Å²) in [5, 5.41) is 16.6. The number of amides is 1. The predicted molar refractivity (Wildman–Crippen MR) is 140 cm³/mol. The fourth-order valence-corrected chi connectivity index (χ4v) is 5.18. The van der Waals surface area contributed by atoms with E-state index in [-0.39, 0.29) is 18.2 Å². The van der Waals surface area contributed by atoms with E-state index in [4.69, 9.17) is 11.6 Å². The molecular weight excluding hydrogens is 524 g/mol. The van der Waals surface area contributed by atoms with Crippen molar-refractivity contribution < 1.29 is 27.5 Å². The fraction of sp³-hybridized carbons (Fsp3) is 0.519. The molecule has 1 saturated carbocycles. The summed E-state index contributed by atoms with van der Waals surface area (Å²) in [5.74, 6) is -1.27. The molecule has 1 aliphatic carbocycles. The Bertz CT molecular complexity index is 1110. The van der Waals surface area contributed by atoms with Crippen LogP contribution in [-0.2, 0) is 6.54 Å². The highest BCUT2D eigenvalue weighted by Crippen LogP contribution is 2.31. The smallest absolute Gasteiger partial charge is 0.390 e. The normalized spacial score (nSPS) is 20.9. The molecular formula is C27H33ClF4N4O2. The summed E-state index contributed by atoms with van der Waals surface area (Å²) in [5.41, 5.74) is 1.64. The van der Waals surface area contributed by atoms with E-state index in [0.29, 0.717) is 54.7 Å². The van der Waals surface area contributed by atoms with Crippen molar-refractivity contribution in [3.63, 3.8) is 0 Å². The van der Waals surface area contributed by atoms with E-state index in [0.717, 1.165) is 25.7 Å². The van der Waals surface area contributed by atoms with E-state index in [1.54, 1.807) is 29.2 Å². The molecule has 0 unspecified atom stereocenters. The lowest BCUT2D eigenvalue weighted by Crippen LogP contribution is -2.47. The number of aliphatic hydroxyl groups excluding tert-OH is 1. The van der Waals surface area contributed by atoms with Crippen molar-refractivity contribution in [2.45, 2.75) is 57.0 Å². The van der Waals surface area contributed by atoms with Crippen LogP contribution < -0.4 is 15.5 Å². The lowest BCUT2D eigenvalue weighted by Gasteiger charge is -2.37. The minimum absolute atomic E-state index is 0.0235. The SMILES string of the molecule is O=C(Nc1ccc(Cl)cc1N1CCN(CCC(F)(F)F)CC1)c1ccc(CN[C@H]2CCCC[C@@H]2O)cc1F. The number of alkyl halides is 3. The highest BCUT2D eigenvalue weighted by Gasteiger charge is 2.29. The molecule has 1 heterocycles. The summed E-state index contributed by atoms with van der Waals surface area (Å²) < 4.78 is 52.6. The maximum Gasteiger partial charge on any atom is 0.390 e. The van der Waals surface area contributed by atoms with Gasteiger partial charge in [-0.3, -0.25) is 9.69 Å². The molecule has 11 heteroatoms. The number of carbonyl (C=O) groups is 1. The summed E-state index contributed by atoms with van der Waals surface area (Å²) in [6.45, 7) is 2.15. The lowest BCUT2D eigenvalue weighted by atomic mass is 9.92. The van der Waals surface area contributed by atoms with Crippen LogP contribution in [0.1, 0.15) is 48.0 Å². The van der Waals surface area contributed by atoms with E-state index in [1.807, 2.05) is 4.90 Å². The van der Waals surface area contributed by atoms with Crippen LogP contribution in [0.3, 0.4) is 0 Å². The summed E-state index contributed by atoms with van der Waals surface area (Å²) >= 11 is 6.20. The van der Waals surface area contributed by atoms with Crippen molar-refractivity contribution in [2.75, 3.05) is 42.9 Å². The van der Waals surface area contributed by atoms with E-state index in [9.17, 15) is 27.5 Å². The Morgan fingerprint density at radius 1 is 1.05 bits per heavy atom. The number of anilines is 2. The third kappa shape index (κ3) is 7.81. The zero-order chi connectivity index (χ0) is 27.3. The first kappa shape index (κ1) is 28.6. The zero-order valence-electron chi connectivity index (χ0n) is 21.0. The second kappa shape index (κ2) is 12.6. The van der Waals surface area contributed by atoms with Crippen molar-refractivity contribution in [1.82, 2.24) is 10.2 Å². The molecule has 2 aromatic carbocycles. The van der Waals surface area contributed by atoms with Crippen LogP contribution in [-0.4, -0.2) is 67.0 Å². The molecule has 0 bridgehead atoms. The first-order valence-electron chi connectivity index (χ1n) is 12.9. The van der Waals surface area contributed by atoms with Gasteiger partial charge in [0.15, 0.2) is 0 Å². The molecule has 2 fully saturated rings. The summed E-state index contributed by atoms with van der Waals surface area (Å²) in [7, 11) is 0. The van der Waals surface area contributed by atoms with Gasteiger partial charge in [0, 0.05) is 50.3 Å². The molecule has 6 nitrogen and oxygen atoms in total. The highest BCUT2D eigenvalue weighted by molar-refractivity contribution is 6.31. The number of carbonyl (C=O) groups excluding carboxylic acids is 1. The van der Waals surface area contributed by atoms with Crippen molar-refractivity contribution >= 4 is 28.9 Å². The predicted octanol–water partition coefficient (Wildman–Crippen LogP) is 5.20. The zero-order valence-corrected chi connectivity index (χ0v) is 21.8. The number of halogens is 5. The number of rotatable bonds is 8. The number of nitrogens with one attached hydrogen (secondary N) is 2. The molecule has 1 aliphatic heterocycles. The Morgan fingerprint density at radius 3 is 2.47 bits per heavy atom. The molecule has 1 saturated heterocycles. The van der Waals surface area contributed by atoms with Gasteiger partial charge in [-0.25, -0.2) is 4.39 Å². The van der Waals surface area contributed by atoms with Crippen molar-refractivity contribution in [3.05, 3.63) is 58.4 Å². The molecule has 208 valence electrons. The molecule has 3 N–H and O–H groups in total. The molecule has 38 heavy (non-hydrogen) atoms. The second-order valence-electron chi connectivity index (χ2n) is 9.96. The maximum absolute atomic E-state index is 14.9. The summed E-state index contributed by atoms with van der Waals surface area (Å²) in [4.78, 5) is 16.7. The first-order chi connectivity index (χ1) is 18.1. The Morgan fingerprint density at radius 2 is 1.79 bits per heavy atom. The van der Waals surface area contributed by atoms with E-state index >= 15 is 0 Å². The number of aliphatic hydroxyl groups is 1. The maximum atomic E-state index is 14.9. The van der Waals surface area contributed by atoms with Gasteiger partial charge in [-0.05, 0) is 48.7 Å². The number of nitrogens with zero attached hydrogens (tertiary/aromatic N) is 2. The van der Waals surface area contributed by atoms with Gasteiger partial charge >= 0.3 is 6.18 Å². The van der Waals surface area contributed by atoms with Crippen LogP contribution in [0.5, 0.6) is 0 Å². The molecule has 0 aromatic heterocycles. The minimum Gasteiger partial charge on any atom is -0.392 e. The second-order valence-corrected chi connectivity index (χ2v) is 10.4. The van der Waals surface area contributed by atoms with Crippen LogP contribution in [0.2, 0.25) is 5.02 Å². The van der Waals surface area contributed by atoms with Gasteiger partial charge < -0.3 is 20.6 Å². The van der Waals surface area contributed by atoms with Crippen LogP contribution in [0.4, 0.5) is 28.9 Å². The van der Waals surface area contributed by atoms with Crippen LogP contribution in [0, 0.1) is 5.82 Å². The summed E-state index contributed by atoms with van der Waals surface area (Å²) in [6.07, 6.45) is -1.77. The monoisotopic (exact) mass is 556 g/mol. The number of hydrogen-bond acceptors (Lipinski definition) is 5. The third-order valence-corrected chi connectivity index (χ3v) is 7.44. The molecule has 0 radical (unpaired) electrons. The first-order valence-corrected chi connectivity index (χ1v) is 13.3. The Labute approximate surface area is 224 Å². The van der Waals surface area contributed by atoms with Gasteiger partial charge in [-0.2, -0.15) is 13.2 Å². The van der Waals surface area contributed by atoms with Gasteiger partial charge in [-0.1, -0.05) is 30.5 Å². The Hall–Kier alpha value is -2.40. The topological polar surface area (TPSA) is 67.8 Å². The van der Waals surface area contributed by atoms with Crippen LogP contribution in [0.25, 0.3) is 0 Å². The van der Waals surface area contributed by atoms with Gasteiger partial charge in [0.1, 0.15) is 5.82 Å². The molecule has 1 amide bonds. The van der Waals surface area contributed by atoms with Gasteiger partial charge in [0.25, 0.3) is 5.91 Å².